The van der Waals surface area contributed by atoms with Gasteiger partial charge in [0.05, 0.1) is 10.7 Å². The summed E-state index contributed by atoms with van der Waals surface area (Å²) in [5, 5.41) is 3.98. The van der Waals surface area contributed by atoms with Crippen LogP contribution in [0.5, 0.6) is 0 Å². The van der Waals surface area contributed by atoms with Gasteiger partial charge in [-0.05, 0) is 42.9 Å². The zero-order chi connectivity index (χ0) is 13.1. The summed E-state index contributed by atoms with van der Waals surface area (Å²) in [6.45, 7) is 4.55. The Bertz CT molecular complexity index is 405. The van der Waals surface area contributed by atoms with E-state index in [2.05, 4.69) is 19.2 Å². The third-order valence-corrected chi connectivity index (χ3v) is 4.26. The molecule has 1 N–H and O–H groups in total. The summed E-state index contributed by atoms with van der Waals surface area (Å²) in [5.74, 6) is 1.07. The van der Waals surface area contributed by atoms with E-state index in [-0.39, 0.29) is 5.82 Å². The normalized spacial score (nSPS) is 24.3. The number of anilines is 1. The Hall–Kier alpha value is -0.760. The highest BCUT2D eigenvalue weighted by Crippen LogP contribution is 2.34. The van der Waals surface area contributed by atoms with Gasteiger partial charge in [-0.15, -0.1) is 0 Å². The molecule has 0 aromatic heterocycles. The van der Waals surface area contributed by atoms with Crippen LogP contribution in [0.4, 0.5) is 10.1 Å². The van der Waals surface area contributed by atoms with Gasteiger partial charge in [-0.1, -0.05) is 38.3 Å². The molecule has 3 heteroatoms. The SMILES string of the molecule is CC(C)C1CCCCC1Nc1ccc(F)cc1Cl. The van der Waals surface area contributed by atoms with E-state index in [1.165, 1.54) is 37.8 Å². The van der Waals surface area contributed by atoms with E-state index < -0.39 is 0 Å². The van der Waals surface area contributed by atoms with E-state index in [9.17, 15) is 4.39 Å². The van der Waals surface area contributed by atoms with Crippen molar-refractivity contribution in [3.63, 3.8) is 0 Å². The third-order valence-electron chi connectivity index (χ3n) is 3.95. The van der Waals surface area contributed by atoms with E-state index in [4.69, 9.17) is 11.6 Å². The van der Waals surface area contributed by atoms with Crippen LogP contribution in [0.1, 0.15) is 39.5 Å². The molecule has 0 spiro atoms. The van der Waals surface area contributed by atoms with Gasteiger partial charge in [-0.2, -0.15) is 0 Å². The summed E-state index contributed by atoms with van der Waals surface area (Å²) >= 11 is 6.07. The van der Waals surface area contributed by atoms with Gasteiger partial charge < -0.3 is 5.32 Å². The second kappa shape index (κ2) is 5.92. The van der Waals surface area contributed by atoms with Crippen LogP contribution in [0.2, 0.25) is 5.02 Å². The lowest BCUT2D eigenvalue weighted by molar-refractivity contribution is 0.254. The van der Waals surface area contributed by atoms with E-state index in [1.54, 1.807) is 6.07 Å². The fourth-order valence-corrected chi connectivity index (χ4v) is 3.16. The van der Waals surface area contributed by atoms with E-state index in [0.717, 1.165) is 5.69 Å². The van der Waals surface area contributed by atoms with Gasteiger partial charge in [0.25, 0.3) is 0 Å². The Morgan fingerprint density at radius 2 is 2.00 bits per heavy atom. The van der Waals surface area contributed by atoms with Gasteiger partial charge in [-0.25, -0.2) is 4.39 Å². The number of halogens is 2. The van der Waals surface area contributed by atoms with Crippen molar-refractivity contribution in [3.8, 4) is 0 Å². The van der Waals surface area contributed by atoms with Crippen LogP contribution in [0.3, 0.4) is 0 Å². The molecule has 0 saturated heterocycles. The fourth-order valence-electron chi connectivity index (χ4n) is 2.94. The first-order valence-electron chi connectivity index (χ1n) is 6.79. The van der Waals surface area contributed by atoms with Gasteiger partial charge in [0.2, 0.25) is 0 Å². The van der Waals surface area contributed by atoms with Crippen molar-refractivity contribution in [1.82, 2.24) is 0 Å². The topological polar surface area (TPSA) is 12.0 Å². The van der Waals surface area contributed by atoms with Gasteiger partial charge in [0, 0.05) is 6.04 Å². The maximum atomic E-state index is 13.0. The zero-order valence-corrected chi connectivity index (χ0v) is 11.8. The van der Waals surface area contributed by atoms with Crippen molar-refractivity contribution in [1.29, 1.82) is 0 Å². The molecule has 2 rings (SSSR count). The summed E-state index contributed by atoms with van der Waals surface area (Å²) in [6.07, 6.45) is 5.03. The summed E-state index contributed by atoms with van der Waals surface area (Å²) in [7, 11) is 0. The summed E-state index contributed by atoms with van der Waals surface area (Å²) in [6, 6.07) is 5.03. The maximum Gasteiger partial charge on any atom is 0.124 e. The number of hydrogen-bond donors (Lipinski definition) is 1. The van der Waals surface area contributed by atoms with Crippen molar-refractivity contribution in [2.45, 2.75) is 45.6 Å². The van der Waals surface area contributed by atoms with Crippen LogP contribution >= 0.6 is 11.6 Å². The highest BCUT2D eigenvalue weighted by Gasteiger charge is 2.27. The van der Waals surface area contributed by atoms with E-state index >= 15 is 0 Å². The Labute approximate surface area is 114 Å². The molecular formula is C15H21ClFN. The molecule has 0 aliphatic heterocycles. The second-order valence-electron chi connectivity index (χ2n) is 5.57. The van der Waals surface area contributed by atoms with Crippen molar-refractivity contribution in [2.75, 3.05) is 5.32 Å². The standard InChI is InChI=1S/C15H21ClFN/c1-10(2)12-5-3-4-6-14(12)18-15-8-7-11(17)9-13(15)16/h7-10,12,14,18H,3-6H2,1-2H3. The predicted molar refractivity (Wildman–Crippen MR) is 75.6 cm³/mol. The minimum atomic E-state index is -0.283. The summed E-state index contributed by atoms with van der Waals surface area (Å²) in [5.41, 5.74) is 0.857. The molecule has 2 atom stereocenters. The molecule has 1 aromatic carbocycles. The van der Waals surface area contributed by atoms with Crippen molar-refractivity contribution in [2.24, 2.45) is 11.8 Å². The first-order valence-corrected chi connectivity index (χ1v) is 7.17. The first-order chi connectivity index (χ1) is 8.58. The van der Waals surface area contributed by atoms with Crippen LogP contribution in [-0.4, -0.2) is 6.04 Å². The number of benzene rings is 1. The molecule has 2 unspecified atom stereocenters. The molecule has 1 nitrogen and oxygen atoms in total. The number of nitrogens with one attached hydrogen (secondary N) is 1. The van der Waals surface area contributed by atoms with Crippen molar-refractivity contribution >= 4 is 17.3 Å². The van der Waals surface area contributed by atoms with Crippen molar-refractivity contribution in [3.05, 3.63) is 29.0 Å². The van der Waals surface area contributed by atoms with Gasteiger partial charge in [-0.3, -0.25) is 0 Å². The van der Waals surface area contributed by atoms with Crippen LogP contribution in [-0.2, 0) is 0 Å². The Morgan fingerprint density at radius 1 is 1.28 bits per heavy atom. The molecule has 1 saturated carbocycles. The van der Waals surface area contributed by atoms with Crippen molar-refractivity contribution < 1.29 is 4.39 Å². The Balaban J connectivity index is 2.11. The quantitative estimate of drug-likeness (QED) is 0.804. The average molecular weight is 270 g/mol. The fraction of sp³-hybridized carbons (Fsp3) is 0.600. The maximum absolute atomic E-state index is 13.0. The second-order valence-corrected chi connectivity index (χ2v) is 5.97. The smallest absolute Gasteiger partial charge is 0.124 e. The molecule has 18 heavy (non-hydrogen) atoms. The molecule has 100 valence electrons. The Morgan fingerprint density at radius 3 is 2.67 bits per heavy atom. The van der Waals surface area contributed by atoms with Crippen LogP contribution in [0, 0.1) is 17.7 Å². The molecular weight excluding hydrogens is 249 g/mol. The number of hydrogen-bond acceptors (Lipinski definition) is 1. The lowest BCUT2D eigenvalue weighted by Gasteiger charge is -2.35. The molecule has 1 aliphatic rings. The molecule has 0 amide bonds. The monoisotopic (exact) mass is 269 g/mol. The molecule has 0 bridgehead atoms. The molecule has 0 radical (unpaired) electrons. The molecule has 0 heterocycles. The van der Waals surface area contributed by atoms with Gasteiger partial charge in [0.15, 0.2) is 0 Å². The average Bonchev–Trinajstić information content (AvgIpc) is 2.33. The predicted octanol–water partition coefficient (Wildman–Crippen LogP) is 5.11. The molecule has 1 aromatic rings. The lowest BCUT2D eigenvalue weighted by Crippen LogP contribution is -2.35. The Kier molecular flexibility index (Phi) is 4.50. The minimum absolute atomic E-state index is 0.283. The summed E-state index contributed by atoms with van der Waals surface area (Å²) < 4.78 is 13.0. The third kappa shape index (κ3) is 3.17. The first kappa shape index (κ1) is 13.7. The van der Waals surface area contributed by atoms with E-state index in [1.807, 2.05) is 0 Å². The highest BCUT2D eigenvalue weighted by molar-refractivity contribution is 6.33. The summed E-state index contributed by atoms with van der Waals surface area (Å²) in [4.78, 5) is 0. The van der Waals surface area contributed by atoms with Gasteiger partial charge in [0.1, 0.15) is 5.82 Å². The van der Waals surface area contributed by atoms with Crippen LogP contribution < -0.4 is 5.32 Å². The largest absolute Gasteiger partial charge is 0.381 e. The lowest BCUT2D eigenvalue weighted by atomic mass is 9.78. The van der Waals surface area contributed by atoms with E-state index in [0.29, 0.717) is 22.9 Å². The van der Waals surface area contributed by atoms with Crippen LogP contribution in [0.25, 0.3) is 0 Å². The zero-order valence-electron chi connectivity index (χ0n) is 11.0. The van der Waals surface area contributed by atoms with Crippen LogP contribution in [0.15, 0.2) is 18.2 Å². The van der Waals surface area contributed by atoms with Gasteiger partial charge >= 0.3 is 0 Å². The highest BCUT2D eigenvalue weighted by atomic mass is 35.5. The number of rotatable bonds is 3. The minimum Gasteiger partial charge on any atom is -0.381 e. The molecule has 1 fully saturated rings. The molecule has 1 aliphatic carbocycles.